The zero-order chi connectivity index (χ0) is 17.8. The summed E-state index contributed by atoms with van der Waals surface area (Å²) in [7, 11) is 0. The molecule has 3 atom stereocenters. The van der Waals surface area contributed by atoms with Crippen LogP contribution in [0.5, 0.6) is 0 Å². The topological polar surface area (TPSA) is 12.0 Å². The van der Waals surface area contributed by atoms with E-state index in [9.17, 15) is 0 Å². The minimum atomic E-state index is 0.166. The van der Waals surface area contributed by atoms with Crippen molar-refractivity contribution in [2.75, 3.05) is 5.32 Å². The first-order valence-electron chi connectivity index (χ1n) is 8.88. The molecule has 0 unspecified atom stereocenters. The van der Waals surface area contributed by atoms with Crippen LogP contribution in [0.3, 0.4) is 0 Å². The van der Waals surface area contributed by atoms with E-state index in [-0.39, 0.29) is 11.5 Å². The summed E-state index contributed by atoms with van der Waals surface area (Å²) in [6.45, 7) is 6.74. The van der Waals surface area contributed by atoms with Crippen molar-refractivity contribution in [2.24, 2.45) is 5.92 Å². The molecule has 0 aromatic heterocycles. The number of anilines is 1. The predicted molar refractivity (Wildman–Crippen MR) is 108 cm³/mol. The smallest absolute Gasteiger partial charge is 0.0826 e. The summed E-state index contributed by atoms with van der Waals surface area (Å²) in [5, 5.41) is 4.94. The average molecular weight is 372 g/mol. The highest BCUT2D eigenvalue weighted by Crippen LogP contribution is 2.52. The van der Waals surface area contributed by atoms with E-state index in [0.717, 1.165) is 12.1 Å². The van der Waals surface area contributed by atoms with Crippen molar-refractivity contribution in [3.8, 4) is 0 Å². The Morgan fingerprint density at radius 2 is 1.72 bits per heavy atom. The second kappa shape index (κ2) is 6.07. The molecule has 1 N–H and O–H groups in total. The Hall–Kier alpha value is -1.44. The number of hydrogen-bond acceptors (Lipinski definition) is 1. The SMILES string of the molecule is CC(C)(C)c1ccc([C@@H]2Nc3c(ccc(Cl)c3Cl)[C@H]3C=CC[C@H]32)cc1. The quantitative estimate of drug-likeness (QED) is 0.526. The Morgan fingerprint density at radius 3 is 2.40 bits per heavy atom. The lowest BCUT2D eigenvalue weighted by Gasteiger charge is -2.38. The molecule has 0 amide bonds. The van der Waals surface area contributed by atoms with Crippen LogP contribution < -0.4 is 5.32 Å². The minimum absolute atomic E-state index is 0.166. The van der Waals surface area contributed by atoms with Crippen LogP contribution in [0.15, 0.2) is 48.6 Å². The number of allylic oxidation sites excluding steroid dienone is 2. The van der Waals surface area contributed by atoms with Gasteiger partial charge in [0.2, 0.25) is 0 Å². The molecule has 1 heterocycles. The van der Waals surface area contributed by atoms with Gasteiger partial charge in [-0.05, 0) is 40.5 Å². The van der Waals surface area contributed by atoms with Gasteiger partial charge in [-0.2, -0.15) is 0 Å². The maximum absolute atomic E-state index is 6.52. The minimum Gasteiger partial charge on any atom is -0.376 e. The Bertz CT molecular complexity index is 830. The van der Waals surface area contributed by atoms with Crippen molar-refractivity contribution in [3.05, 3.63) is 75.3 Å². The molecule has 0 spiro atoms. The van der Waals surface area contributed by atoms with Crippen molar-refractivity contribution >= 4 is 28.9 Å². The number of rotatable bonds is 1. The van der Waals surface area contributed by atoms with Crippen molar-refractivity contribution in [3.63, 3.8) is 0 Å². The van der Waals surface area contributed by atoms with Gasteiger partial charge in [0.1, 0.15) is 0 Å². The highest BCUT2D eigenvalue weighted by Gasteiger charge is 2.39. The Morgan fingerprint density at radius 1 is 1.00 bits per heavy atom. The fourth-order valence-electron chi connectivity index (χ4n) is 4.12. The van der Waals surface area contributed by atoms with Crippen LogP contribution in [-0.4, -0.2) is 0 Å². The lowest BCUT2D eigenvalue weighted by Crippen LogP contribution is -2.29. The molecule has 2 aromatic carbocycles. The summed E-state index contributed by atoms with van der Waals surface area (Å²) in [4.78, 5) is 0. The van der Waals surface area contributed by atoms with Crippen LogP contribution in [0.25, 0.3) is 0 Å². The zero-order valence-corrected chi connectivity index (χ0v) is 16.3. The molecular weight excluding hydrogens is 349 g/mol. The van der Waals surface area contributed by atoms with Gasteiger partial charge in [-0.1, -0.05) is 86.5 Å². The van der Waals surface area contributed by atoms with E-state index < -0.39 is 0 Å². The van der Waals surface area contributed by atoms with E-state index in [1.807, 2.05) is 6.07 Å². The number of nitrogens with one attached hydrogen (secondary N) is 1. The largest absolute Gasteiger partial charge is 0.376 e. The van der Waals surface area contributed by atoms with Crippen molar-refractivity contribution in [1.29, 1.82) is 0 Å². The van der Waals surface area contributed by atoms with Gasteiger partial charge in [0, 0.05) is 5.92 Å². The number of benzene rings is 2. The van der Waals surface area contributed by atoms with Crippen molar-refractivity contribution < 1.29 is 0 Å². The van der Waals surface area contributed by atoms with Gasteiger partial charge in [0.25, 0.3) is 0 Å². The Kier molecular flexibility index (Phi) is 4.13. The fraction of sp³-hybridized carbons (Fsp3) is 0.364. The van der Waals surface area contributed by atoms with Crippen LogP contribution in [0.1, 0.15) is 55.8 Å². The predicted octanol–water partition coefficient (Wildman–Crippen LogP) is 7.12. The molecule has 0 bridgehead atoms. The first kappa shape index (κ1) is 17.0. The fourth-order valence-corrected chi connectivity index (χ4v) is 4.51. The van der Waals surface area contributed by atoms with Crippen LogP contribution >= 0.6 is 23.2 Å². The summed E-state index contributed by atoms with van der Waals surface area (Å²) < 4.78 is 0. The molecular formula is C22H23Cl2N. The third-order valence-electron chi connectivity index (χ3n) is 5.56. The van der Waals surface area contributed by atoms with Gasteiger partial charge in [-0.15, -0.1) is 0 Å². The van der Waals surface area contributed by atoms with Crippen molar-refractivity contribution in [2.45, 2.75) is 44.6 Å². The van der Waals surface area contributed by atoms with E-state index in [4.69, 9.17) is 23.2 Å². The van der Waals surface area contributed by atoms with E-state index in [1.165, 1.54) is 16.7 Å². The van der Waals surface area contributed by atoms with Crippen molar-refractivity contribution in [1.82, 2.24) is 0 Å². The molecule has 0 fully saturated rings. The summed E-state index contributed by atoms with van der Waals surface area (Å²) in [6.07, 6.45) is 5.71. The molecule has 1 nitrogen and oxygen atoms in total. The maximum atomic E-state index is 6.52. The Balaban J connectivity index is 1.75. The normalized spacial score (nSPS) is 24.6. The van der Waals surface area contributed by atoms with E-state index in [1.54, 1.807) is 0 Å². The van der Waals surface area contributed by atoms with E-state index >= 15 is 0 Å². The first-order chi connectivity index (χ1) is 11.9. The highest BCUT2D eigenvalue weighted by atomic mass is 35.5. The second-order valence-corrected chi connectivity index (χ2v) is 8.96. The molecule has 0 saturated carbocycles. The lowest BCUT2D eigenvalue weighted by molar-refractivity contribution is 0.425. The summed E-state index contributed by atoms with van der Waals surface area (Å²) in [5.74, 6) is 0.920. The van der Waals surface area contributed by atoms with E-state index in [2.05, 4.69) is 68.6 Å². The lowest BCUT2D eigenvalue weighted by atomic mass is 9.76. The van der Waals surface area contributed by atoms with Gasteiger partial charge in [0.05, 0.1) is 21.8 Å². The summed E-state index contributed by atoms with van der Waals surface area (Å²) in [5.41, 5.74) is 5.09. The number of fused-ring (bicyclic) bond motifs is 3. The molecule has 0 saturated heterocycles. The first-order valence-corrected chi connectivity index (χ1v) is 9.63. The van der Waals surface area contributed by atoms with Gasteiger partial charge < -0.3 is 5.32 Å². The summed E-state index contributed by atoms with van der Waals surface area (Å²) >= 11 is 12.8. The molecule has 25 heavy (non-hydrogen) atoms. The van der Waals surface area contributed by atoms with Gasteiger partial charge >= 0.3 is 0 Å². The van der Waals surface area contributed by atoms with Crippen LogP contribution in [0.4, 0.5) is 5.69 Å². The van der Waals surface area contributed by atoms with Crippen LogP contribution in [0.2, 0.25) is 10.0 Å². The van der Waals surface area contributed by atoms with Gasteiger partial charge in [0.15, 0.2) is 0 Å². The number of halogens is 2. The third-order valence-corrected chi connectivity index (χ3v) is 6.37. The molecule has 2 aromatic rings. The van der Waals surface area contributed by atoms with Crippen LogP contribution in [0, 0.1) is 5.92 Å². The maximum Gasteiger partial charge on any atom is 0.0826 e. The number of hydrogen-bond donors (Lipinski definition) is 1. The summed E-state index contributed by atoms with van der Waals surface area (Å²) in [6, 6.07) is 13.3. The molecule has 130 valence electrons. The second-order valence-electron chi connectivity index (χ2n) is 8.17. The average Bonchev–Trinajstić information content (AvgIpc) is 3.06. The van der Waals surface area contributed by atoms with Crippen LogP contribution in [-0.2, 0) is 5.41 Å². The molecule has 3 heteroatoms. The monoisotopic (exact) mass is 371 g/mol. The standard InChI is InChI=1S/C22H23Cl2N/c1-22(2,3)14-9-7-13(8-10-14)20-16-6-4-5-15(16)17-11-12-18(23)19(24)21(17)25-20/h4-5,7-12,15-16,20,25H,6H2,1-3H3/t15-,16+,20-/m0/s1. The highest BCUT2D eigenvalue weighted by molar-refractivity contribution is 6.43. The molecule has 2 aliphatic rings. The van der Waals surface area contributed by atoms with Gasteiger partial charge in [-0.3, -0.25) is 0 Å². The third kappa shape index (κ3) is 2.88. The molecule has 1 aliphatic heterocycles. The van der Waals surface area contributed by atoms with E-state index in [0.29, 0.717) is 21.9 Å². The Labute approximate surface area is 160 Å². The molecule has 1 aliphatic carbocycles. The zero-order valence-electron chi connectivity index (χ0n) is 14.8. The van der Waals surface area contributed by atoms with Gasteiger partial charge in [-0.25, -0.2) is 0 Å². The molecule has 4 rings (SSSR count). The molecule has 0 radical (unpaired) electrons.